The first-order chi connectivity index (χ1) is 4.61. The van der Waals surface area contributed by atoms with Gasteiger partial charge in [0.05, 0.1) is 0 Å². The zero-order chi connectivity index (χ0) is 7.72. The molecule has 0 aliphatic rings. The number of rotatable bonds is 0. The van der Waals surface area contributed by atoms with E-state index in [1.54, 1.807) is 13.0 Å². The Bertz CT molecular complexity index is 280. The molecule has 54 valence electrons. The normalized spacial score (nSPS) is 9.70. The summed E-state index contributed by atoms with van der Waals surface area (Å²) in [5, 5.41) is 9.04. The van der Waals surface area contributed by atoms with Crippen LogP contribution in [0.15, 0.2) is 6.07 Å². The second-order valence-electron chi connectivity index (χ2n) is 1.97. The molecule has 0 saturated carbocycles. The van der Waals surface area contributed by atoms with E-state index in [1.165, 1.54) is 0 Å². The highest BCUT2D eigenvalue weighted by Crippen LogP contribution is 1.91. The van der Waals surface area contributed by atoms with Gasteiger partial charge in [0.1, 0.15) is 5.69 Å². The molecule has 1 aromatic rings. The summed E-state index contributed by atoms with van der Waals surface area (Å²) in [4.78, 5) is 2.58. The standard InChI is InChI=1S/C5H7N3OS/c1-3-2-4(10)7-5(6)8(3)9/h2,9H,1H3,(H2,6,7,10)/p+1. The van der Waals surface area contributed by atoms with Gasteiger partial charge in [0.15, 0.2) is 4.64 Å². The zero-order valence-corrected chi connectivity index (χ0v) is 6.27. The molecule has 0 bridgehead atoms. The van der Waals surface area contributed by atoms with Crippen LogP contribution in [0, 0.1) is 11.6 Å². The summed E-state index contributed by atoms with van der Waals surface area (Å²) >= 11 is 4.79. The number of nitrogens with one attached hydrogen (secondary N) is 1. The van der Waals surface area contributed by atoms with Crippen LogP contribution in [0.25, 0.3) is 0 Å². The molecule has 0 aromatic carbocycles. The third-order valence-electron chi connectivity index (χ3n) is 1.15. The number of anilines is 1. The van der Waals surface area contributed by atoms with Crippen LogP contribution in [-0.4, -0.2) is 10.2 Å². The second kappa shape index (κ2) is 2.26. The van der Waals surface area contributed by atoms with E-state index in [0.717, 1.165) is 4.73 Å². The van der Waals surface area contributed by atoms with E-state index in [1.807, 2.05) is 0 Å². The lowest BCUT2D eigenvalue weighted by atomic mass is 10.5. The Hall–Kier alpha value is -1.10. The third kappa shape index (κ3) is 1.08. The highest BCUT2D eigenvalue weighted by Gasteiger charge is 2.04. The molecule has 0 fully saturated rings. The molecule has 0 unspecified atom stereocenters. The Labute approximate surface area is 62.9 Å². The van der Waals surface area contributed by atoms with E-state index in [9.17, 15) is 0 Å². The van der Waals surface area contributed by atoms with Crippen molar-refractivity contribution in [3.63, 3.8) is 0 Å². The van der Waals surface area contributed by atoms with Crippen molar-refractivity contribution in [3.05, 3.63) is 16.4 Å². The van der Waals surface area contributed by atoms with Gasteiger partial charge in [-0.2, -0.15) is 0 Å². The van der Waals surface area contributed by atoms with Crippen LogP contribution in [0.1, 0.15) is 5.69 Å². The molecule has 0 atom stereocenters. The van der Waals surface area contributed by atoms with Gasteiger partial charge in [-0.25, -0.2) is 4.98 Å². The van der Waals surface area contributed by atoms with E-state index >= 15 is 0 Å². The number of hydrogen-bond donors (Lipinski definition) is 3. The Kier molecular flexibility index (Phi) is 1.58. The molecule has 4 N–H and O–H groups in total. The van der Waals surface area contributed by atoms with Crippen molar-refractivity contribution in [2.24, 2.45) is 0 Å². The van der Waals surface area contributed by atoms with Crippen LogP contribution in [-0.2, 0) is 0 Å². The van der Waals surface area contributed by atoms with Crippen molar-refractivity contribution < 1.29 is 9.94 Å². The molecule has 1 heterocycles. The molecule has 1 rings (SSSR count). The smallest absolute Gasteiger partial charge is 0.371 e. The van der Waals surface area contributed by atoms with Crippen molar-refractivity contribution in [1.82, 2.24) is 4.98 Å². The average Bonchev–Trinajstić information content (AvgIpc) is 1.82. The first kappa shape index (κ1) is 7.01. The van der Waals surface area contributed by atoms with Crippen molar-refractivity contribution in [2.45, 2.75) is 6.92 Å². The lowest BCUT2D eigenvalue weighted by Crippen LogP contribution is -2.38. The van der Waals surface area contributed by atoms with Gasteiger partial charge < -0.3 is 5.21 Å². The largest absolute Gasteiger partial charge is 0.390 e. The lowest BCUT2D eigenvalue weighted by molar-refractivity contribution is -0.899. The van der Waals surface area contributed by atoms with Gasteiger partial charge in [0.2, 0.25) is 0 Å². The minimum atomic E-state index is 0.144. The molecule has 0 aliphatic carbocycles. The molecule has 4 nitrogen and oxygen atoms in total. The molecule has 0 aliphatic heterocycles. The zero-order valence-electron chi connectivity index (χ0n) is 5.46. The molecular formula is C5H8N3OS+. The van der Waals surface area contributed by atoms with Crippen LogP contribution in [0.5, 0.6) is 0 Å². The summed E-state index contributed by atoms with van der Waals surface area (Å²) in [6.07, 6.45) is 0. The summed E-state index contributed by atoms with van der Waals surface area (Å²) in [6.45, 7) is 1.71. The lowest BCUT2D eigenvalue weighted by Gasteiger charge is -1.95. The van der Waals surface area contributed by atoms with Gasteiger partial charge in [0, 0.05) is 6.07 Å². The van der Waals surface area contributed by atoms with E-state index < -0.39 is 0 Å². The number of aromatic nitrogens is 2. The van der Waals surface area contributed by atoms with Gasteiger partial charge in [-0.15, -0.1) is 0 Å². The van der Waals surface area contributed by atoms with Gasteiger partial charge >= 0.3 is 5.95 Å². The fraction of sp³-hybridized carbons (Fsp3) is 0.200. The minimum absolute atomic E-state index is 0.144. The van der Waals surface area contributed by atoms with Gasteiger partial charge in [-0.05, 0) is 19.1 Å². The summed E-state index contributed by atoms with van der Waals surface area (Å²) in [7, 11) is 0. The summed E-state index contributed by atoms with van der Waals surface area (Å²) in [5.41, 5.74) is 5.92. The van der Waals surface area contributed by atoms with Crippen LogP contribution >= 0.6 is 12.2 Å². The number of hydrogen-bond acceptors (Lipinski definition) is 3. The van der Waals surface area contributed by atoms with E-state index in [0.29, 0.717) is 10.3 Å². The van der Waals surface area contributed by atoms with E-state index in [-0.39, 0.29) is 5.95 Å². The third-order valence-corrected chi connectivity index (χ3v) is 1.37. The van der Waals surface area contributed by atoms with Crippen LogP contribution in [0.3, 0.4) is 0 Å². The quantitative estimate of drug-likeness (QED) is 0.286. The highest BCUT2D eigenvalue weighted by molar-refractivity contribution is 7.71. The SMILES string of the molecule is Cc1cc(=S)[nH]c(N)[n+]1O. The summed E-state index contributed by atoms with van der Waals surface area (Å²) in [6, 6.07) is 1.62. The maximum atomic E-state index is 9.04. The van der Waals surface area contributed by atoms with Crippen LogP contribution in [0.4, 0.5) is 5.95 Å². The van der Waals surface area contributed by atoms with Gasteiger partial charge in [-0.3, -0.25) is 5.73 Å². The predicted octanol–water partition coefficient (Wildman–Crippen LogP) is 0.160. The first-order valence-corrected chi connectivity index (χ1v) is 3.13. The van der Waals surface area contributed by atoms with Gasteiger partial charge in [-0.1, -0.05) is 4.73 Å². The van der Waals surface area contributed by atoms with Crippen molar-refractivity contribution >= 4 is 18.2 Å². The van der Waals surface area contributed by atoms with Crippen LogP contribution < -0.4 is 10.5 Å². The second-order valence-corrected chi connectivity index (χ2v) is 2.41. The highest BCUT2D eigenvalue weighted by atomic mass is 32.1. The van der Waals surface area contributed by atoms with Crippen molar-refractivity contribution in [1.29, 1.82) is 0 Å². The summed E-state index contributed by atoms with van der Waals surface area (Å²) in [5.74, 6) is 0.144. The molecule has 0 radical (unpaired) electrons. The molecule has 5 heteroatoms. The number of nitrogens with zero attached hydrogens (tertiary/aromatic N) is 1. The predicted molar refractivity (Wildman–Crippen MR) is 38.2 cm³/mol. The average molecular weight is 158 g/mol. The van der Waals surface area contributed by atoms with E-state index in [2.05, 4.69) is 4.98 Å². The number of nitrogen functional groups attached to an aromatic ring is 1. The topological polar surface area (TPSA) is 65.9 Å². The maximum Gasteiger partial charge on any atom is 0.390 e. The molecule has 0 amide bonds. The number of aryl methyl sites for hydroxylation is 1. The Morgan fingerprint density at radius 3 is 2.90 bits per heavy atom. The minimum Gasteiger partial charge on any atom is -0.371 e. The molecule has 0 spiro atoms. The molecule has 0 saturated heterocycles. The Balaban J connectivity index is 3.46. The maximum absolute atomic E-state index is 9.04. The van der Waals surface area contributed by atoms with Crippen molar-refractivity contribution in [3.8, 4) is 0 Å². The van der Waals surface area contributed by atoms with Crippen molar-refractivity contribution in [2.75, 3.05) is 5.73 Å². The number of H-pyrrole nitrogens is 1. The molecule has 1 aromatic heterocycles. The fourth-order valence-corrected chi connectivity index (χ4v) is 0.931. The van der Waals surface area contributed by atoms with Crippen LogP contribution in [0.2, 0.25) is 0 Å². The Morgan fingerprint density at radius 1 is 1.80 bits per heavy atom. The molecule has 10 heavy (non-hydrogen) atoms. The summed E-state index contributed by atoms with van der Waals surface area (Å²) < 4.78 is 1.36. The first-order valence-electron chi connectivity index (χ1n) is 2.72. The number of aromatic amines is 1. The number of nitrogens with two attached hydrogens (primary N) is 1. The monoisotopic (exact) mass is 158 g/mol. The van der Waals surface area contributed by atoms with E-state index in [4.69, 9.17) is 23.2 Å². The molecular weight excluding hydrogens is 150 g/mol. The van der Waals surface area contributed by atoms with Gasteiger partial charge in [0.25, 0.3) is 0 Å². The fourth-order valence-electron chi connectivity index (χ4n) is 0.656. The Morgan fingerprint density at radius 2 is 2.40 bits per heavy atom.